The zero-order valence-corrected chi connectivity index (χ0v) is 12.8. The van der Waals surface area contributed by atoms with Gasteiger partial charge >= 0.3 is 12.6 Å². The first-order valence-electron chi connectivity index (χ1n) is 6.83. The van der Waals surface area contributed by atoms with E-state index in [0.717, 1.165) is 18.2 Å². The number of ether oxygens (including phenoxy) is 1. The Morgan fingerprint density at radius 3 is 2.58 bits per heavy atom. The number of carbonyl (C=O) groups excluding carboxylic acids is 2. The van der Waals surface area contributed by atoms with Gasteiger partial charge in [-0.1, -0.05) is 0 Å². The summed E-state index contributed by atoms with van der Waals surface area (Å²) in [7, 11) is 0. The van der Waals surface area contributed by atoms with Gasteiger partial charge in [0.05, 0.1) is 10.6 Å². The molecule has 0 fully saturated rings. The van der Waals surface area contributed by atoms with Crippen molar-refractivity contribution in [3.05, 3.63) is 28.3 Å². The summed E-state index contributed by atoms with van der Waals surface area (Å²) in [6, 6.07) is 0.954. The van der Waals surface area contributed by atoms with Crippen LogP contribution in [-0.4, -0.2) is 36.1 Å². The van der Waals surface area contributed by atoms with E-state index in [1.54, 1.807) is 6.92 Å². The fourth-order valence-electron chi connectivity index (χ4n) is 1.68. The van der Waals surface area contributed by atoms with Crippen molar-refractivity contribution < 1.29 is 28.0 Å². The fraction of sp³-hybridized carbons (Fsp3) is 0.385. The number of nitro groups is 1. The van der Waals surface area contributed by atoms with E-state index in [4.69, 9.17) is 0 Å². The number of urea groups is 1. The van der Waals surface area contributed by atoms with Gasteiger partial charge in [-0.05, 0) is 19.9 Å². The molecule has 3 amide bonds. The highest BCUT2D eigenvalue weighted by Gasteiger charge is 2.19. The van der Waals surface area contributed by atoms with Crippen LogP contribution in [0.3, 0.4) is 0 Å². The number of nitrogens with one attached hydrogen (secondary N) is 3. The van der Waals surface area contributed by atoms with Crippen molar-refractivity contribution in [2.45, 2.75) is 26.5 Å². The third-order valence-corrected chi connectivity index (χ3v) is 2.73. The van der Waals surface area contributed by atoms with Gasteiger partial charge in [-0.2, -0.15) is 8.78 Å². The van der Waals surface area contributed by atoms with Crippen LogP contribution < -0.4 is 20.7 Å². The molecule has 1 aromatic carbocycles. The van der Waals surface area contributed by atoms with Gasteiger partial charge in [0.2, 0.25) is 5.91 Å². The molecule has 1 aromatic rings. The lowest BCUT2D eigenvalue weighted by molar-refractivity contribution is -0.384. The van der Waals surface area contributed by atoms with Gasteiger partial charge in [0.25, 0.3) is 5.69 Å². The van der Waals surface area contributed by atoms with Crippen molar-refractivity contribution in [1.29, 1.82) is 0 Å². The monoisotopic (exact) mass is 346 g/mol. The number of anilines is 1. The number of carbonyl (C=O) groups is 2. The quantitative estimate of drug-likeness (QED) is 0.513. The number of likely N-dealkylation sites (N-methyl/N-ethyl adjacent to an activating group) is 1. The van der Waals surface area contributed by atoms with Gasteiger partial charge in [0.15, 0.2) is 0 Å². The van der Waals surface area contributed by atoms with Crippen molar-refractivity contribution in [2.75, 3.05) is 11.9 Å². The summed E-state index contributed by atoms with van der Waals surface area (Å²) in [6.45, 7) is 0.296. The van der Waals surface area contributed by atoms with Crippen LogP contribution >= 0.6 is 0 Å². The van der Waals surface area contributed by atoms with Gasteiger partial charge in [0.1, 0.15) is 11.8 Å². The molecule has 132 valence electrons. The summed E-state index contributed by atoms with van der Waals surface area (Å²) in [6.07, 6.45) is 0. The number of alkyl halides is 2. The molecular formula is C13H16F2N4O5. The van der Waals surface area contributed by atoms with E-state index in [-0.39, 0.29) is 5.69 Å². The molecule has 0 spiro atoms. The number of nitro benzene ring substituents is 1. The number of amides is 3. The number of hydrogen-bond donors (Lipinski definition) is 3. The van der Waals surface area contributed by atoms with Gasteiger partial charge in [-0.3, -0.25) is 14.9 Å². The lowest BCUT2D eigenvalue weighted by Gasteiger charge is -2.15. The third-order valence-electron chi connectivity index (χ3n) is 2.73. The normalized spacial score (nSPS) is 11.5. The Hall–Kier alpha value is -2.98. The van der Waals surface area contributed by atoms with Crippen LogP contribution in [0.5, 0.6) is 5.75 Å². The molecule has 0 saturated carbocycles. The zero-order valence-electron chi connectivity index (χ0n) is 12.8. The first kappa shape index (κ1) is 19.1. The van der Waals surface area contributed by atoms with Gasteiger partial charge in [-0.25, -0.2) is 4.79 Å². The van der Waals surface area contributed by atoms with Crippen LogP contribution in [0.2, 0.25) is 0 Å². The lowest BCUT2D eigenvalue weighted by Crippen LogP contribution is -2.46. The SMILES string of the molecule is CCNC(=O)C(C)NC(=O)Nc1cc([N+](=O)[O-])ccc1OC(F)F. The summed E-state index contributed by atoms with van der Waals surface area (Å²) in [5.41, 5.74) is -0.756. The molecule has 11 heteroatoms. The van der Waals surface area contributed by atoms with Crippen LogP contribution in [0.25, 0.3) is 0 Å². The molecule has 1 rings (SSSR count). The van der Waals surface area contributed by atoms with E-state index in [1.807, 2.05) is 0 Å². The summed E-state index contributed by atoms with van der Waals surface area (Å²) < 4.78 is 28.9. The Kier molecular flexibility index (Phi) is 6.83. The Morgan fingerprint density at radius 2 is 2.04 bits per heavy atom. The molecule has 0 saturated heterocycles. The largest absolute Gasteiger partial charge is 0.433 e. The molecule has 0 bridgehead atoms. The molecule has 0 radical (unpaired) electrons. The number of nitrogens with zero attached hydrogens (tertiary/aromatic N) is 1. The lowest BCUT2D eigenvalue weighted by atomic mass is 10.2. The molecule has 3 N–H and O–H groups in total. The number of benzene rings is 1. The highest BCUT2D eigenvalue weighted by molar-refractivity contribution is 5.94. The second kappa shape index (κ2) is 8.60. The maximum absolute atomic E-state index is 12.4. The summed E-state index contributed by atoms with van der Waals surface area (Å²) >= 11 is 0. The maximum Gasteiger partial charge on any atom is 0.387 e. The van der Waals surface area contributed by atoms with Crippen LogP contribution in [0.4, 0.5) is 25.0 Å². The van der Waals surface area contributed by atoms with Gasteiger partial charge < -0.3 is 20.7 Å². The fourth-order valence-corrected chi connectivity index (χ4v) is 1.68. The highest BCUT2D eigenvalue weighted by Crippen LogP contribution is 2.30. The summed E-state index contributed by atoms with van der Waals surface area (Å²) in [5.74, 6) is -0.896. The predicted octanol–water partition coefficient (Wildman–Crippen LogP) is 1.84. The van der Waals surface area contributed by atoms with Crippen LogP contribution in [-0.2, 0) is 4.79 Å². The number of rotatable bonds is 7. The topological polar surface area (TPSA) is 123 Å². The molecule has 1 atom stereocenters. The van der Waals surface area contributed by atoms with E-state index in [0.29, 0.717) is 6.54 Å². The third kappa shape index (κ3) is 5.66. The Morgan fingerprint density at radius 1 is 1.38 bits per heavy atom. The van der Waals surface area contributed by atoms with E-state index in [1.165, 1.54) is 6.92 Å². The Balaban J connectivity index is 2.90. The predicted molar refractivity (Wildman–Crippen MR) is 80.0 cm³/mol. The molecule has 0 heterocycles. The van der Waals surface area contributed by atoms with Crippen molar-refractivity contribution in [3.8, 4) is 5.75 Å². The van der Waals surface area contributed by atoms with E-state index in [9.17, 15) is 28.5 Å². The van der Waals surface area contributed by atoms with E-state index < -0.39 is 41.0 Å². The van der Waals surface area contributed by atoms with Crippen molar-refractivity contribution in [3.63, 3.8) is 0 Å². The van der Waals surface area contributed by atoms with Crippen LogP contribution in [0.1, 0.15) is 13.8 Å². The zero-order chi connectivity index (χ0) is 18.3. The number of hydrogen-bond acceptors (Lipinski definition) is 5. The second-order valence-corrected chi connectivity index (χ2v) is 4.53. The average Bonchev–Trinajstić information content (AvgIpc) is 2.48. The van der Waals surface area contributed by atoms with Crippen LogP contribution in [0, 0.1) is 10.1 Å². The minimum absolute atomic E-state index is 0.329. The Bertz CT molecular complexity index is 626. The van der Waals surface area contributed by atoms with Crippen molar-refractivity contribution >= 4 is 23.3 Å². The van der Waals surface area contributed by atoms with Gasteiger partial charge in [-0.15, -0.1) is 0 Å². The molecule has 0 aliphatic rings. The molecule has 9 nitrogen and oxygen atoms in total. The van der Waals surface area contributed by atoms with Gasteiger partial charge in [0, 0.05) is 18.7 Å². The molecule has 24 heavy (non-hydrogen) atoms. The minimum Gasteiger partial charge on any atom is -0.433 e. The minimum atomic E-state index is -3.18. The average molecular weight is 346 g/mol. The second-order valence-electron chi connectivity index (χ2n) is 4.53. The molecular weight excluding hydrogens is 330 g/mol. The standard InChI is InChI=1S/C13H16F2N4O5/c1-3-16-11(20)7(2)17-13(21)18-9-6-8(19(22)23)4-5-10(9)24-12(14)15/h4-7,12H,3H2,1-2H3,(H,16,20)(H2,17,18,21). The molecule has 1 unspecified atom stereocenters. The molecule has 0 aliphatic heterocycles. The molecule has 0 aromatic heterocycles. The smallest absolute Gasteiger partial charge is 0.387 e. The van der Waals surface area contributed by atoms with Crippen molar-refractivity contribution in [2.24, 2.45) is 0 Å². The summed E-state index contributed by atoms with van der Waals surface area (Å²) in [4.78, 5) is 33.3. The van der Waals surface area contributed by atoms with Crippen molar-refractivity contribution in [1.82, 2.24) is 10.6 Å². The van der Waals surface area contributed by atoms with E-state index >= 15 is 0 Å². The number of halogens is 2. The van der Waals surface area contributed by atoms with Crippen LogP contribution in [0.15, 0.2) is 18.2 Å². The first-order chi connectivity index (χ1) is 11.2. The first-order valence-corrected chi connectivity index (χ1v) is 6.83. The Labute approximate surface area is 135 Å². The van der Waals surface area contributed by atoms with E-state index in [2.05, 4.69) is 20.7 Å². The number of non-ortho nitro benzene ring substituents is 1. The maximum atomic E-state index is 12.4. The highest BCUT2D eigenvalue weighted by atomic mass is 19.3. The summed E-state index contributed by atoms with van der Waals surface area (Å²) in [5, 5.41) is 17.6. The molecule has 0 aliphatic carbocycles.